The van der Waals surface area contributed by atoms with Crippen LogP contribution >= 0.6 is 0 Å². The van der Waals surface area contributed by atoms with Crippen molar-refractivity contribution in [2.24, 2.45) is 5.92 Å². The molecule has 3 aliphatic rings. The molecule has 3 heterocycles. The van der Waals surface area contributed by atoms with Gasteiger partial charge >= 0.3 is 0 Å². The minimum Gasteiger partial charge on any atom is -0.492 e. The van der Waals surface area contributed by atoms with Gasteiger partial charge in [-0.2, -0.15) is 0 Å². The number of benzene rings is 1. The van der Waals surface area contributed by atoms with Crippen LogP contribution in [0.5, 0.6) is 5.75 Å². The summed E-state index contributed by atoms with van der Waals surface area (Å²) in [6.07, 6.45) is 3.70. The van der Waals surface area contributed by atoms with Crippen molar-refractivity contribution in [1.29, 1.82) is 0 Å². The van der Waals surface area contributed by atoms with Crippen LogP contribution in [-0.4, -0.2) is 53.6 Å². The van der Waals surface area contributed by atoms with Crippen LogP contribution in [0.1, 0.15) is 24.8 Å². The van der Waals surface area contributed by atoms with Crippen LogP contribution in [0, 0.1) is 5.92 Å². The molecule has 4 heteroatoms. The molecule has 2 N–H and O–H groups in total. The van der Waals surface area contributed by atoms with E-state index in [-0.39, 0.29) is 18.8 Å². The van der Waals surface area contributed by atoms with E-state index in [9.17, 15) is 5.11 Å². The summed E-state index contributed by atoms with van der Waals surface area (Å²) in [4.78, 5) is 2.36. The van der Waals surface area contributed by atoms with Gasteiger partial charge < -0.3 is 14.9 Å². The lowest BCUT2D eigenvalue weighted by molar-refractivity contribution is -0.0849. The number of hydrogen-bond donors (Lipinski definition) is 2. The van der Waals surface area contributed by atoms with E-state index in [1.165, 1.54) is 5.56 Å². The highest BCUT2D eigenvalue weighted by atomic mass is 16.5. The molecule has 1 aromatic carbocycles. The average Bonchev–Trinajstić information content (AvgIpc) is 2.54. The summed E-state index contributed by atoms with van der Waals surface area (Å²) in [6, 6.07) is 8.21. The van der Waals surface area contributed by atoms with Crippen molar-refractivity contribution in [2.45, 2.75) is 37.8 Å². The number of fused-ring (bicyclic) bond motifs is 3. The summed E-state index contributed by atoms with van der Waals surface area (Å²) in [7, 11) is 0. The average molecular weight is 291 g/mol. The molecule has 0 saturated carbocycles. The Hall–Kier alpha value is -1.10. The second-order valence-corrected chi connectivity index (χ2v) is 6.21. The summed E-state index contributed by atoms with van der Waals surface area (Å²) in [6.45, 7) is 2.98. The zero-order valence-electron chi connectivity index (χ0n) is 12.4. The van der Waals surface area contributed by atoms with Crippen molar-refractivity contribution in [2.75, 3.05) is 26.3 Å². The van der Waals surface area contributed by atoms with Crippen molar-refractivity contribution >= 4 is 0 Å². The van der Waals surface area contributed by atoms with Crippen LogP contribution in [-0.2, 0) is 6.42 Å². The quantitative estimate of drug-likeness (QED) is 0.833. The predicted molar refractivity (Wildman–Crippen MR) is 81.4 cm³/mol. The van der Waals surface area contributed by atoms with Crippen molar-refractivity contribution < 1.29 is 14.9 Å². The highest BCUT2D eigenvalue weighted by Crippen LogP contribution is 2.32. The molecule has 0 aromatic heterocycles. The molecule has 3 fully saturated rings. The van der Waals surface area contributed by atoms with E-state index in [0.29, 0.717) is 12.5 Å². The Balaban J connectivity index is 1.53. The third-order valence-corrected chi connectivity index (χ3v) is 4.89. The molecular formula is C17H25NO3. The minimum absolute atomic E-state index is 0.145. The van der Waals surface area contributed by atoms with Gasteiger partial charge in [-0.1, -0.05) is 12.1 Å². The molecule has 2 atom stereocenters. The number of aliphatic hydroxyl groups is 2. The van der Waals surface area contributed by atoms with Crippen LogP contribution in [0.25, 0.3) is 0 Å². The van der Waals surface area contributed by atoms with E-state index in [4.69, 9.17) is 9.84 Å². The molecule has 2 unspecified atom stereocenters. The predicted octanol–water partition coefficient (Wildman–Crippen LogP) is 1.45. The Morgan fingerprint density at radius 1 is 1.14 bits per heavy atom. The molecule has 3 aliphatic heterocycles. The second kappa shape index (κ2) is 6.77. The van der Waals surface area contributed by atoms with E-state index in [2.05, 4.69) is 17.0 Å². The largest absolute Gasteiger partial charge is 0.492 e. The number of nitrogens with zero attached hydrogens (tertiary/aromatic N) is 1. The van der Waals surface area contributed by atoms with Gasteiger partial charge in [0.15, 0.2) is 0 Å². The third kappa shape index (κ3) is 3.39. The smallest absolute Gasteiger partial charge is 0.119 e. The summed E-state index contributed by atoms with van der Waals surface area (Å²) in [5.41, 5.74) is 1.22. The second-order valence-electron chi connectivity index (χ2n) is 6.21. The molecule has 2 bridgehead atoms. The van der Waals surface area contributed by atoms with Crippen molar-refractivity contribution in [3.8, 4) is 5.75 Å². The topological polar surface area (TPSA) is 52.9 Å². The Morgan fingerprint density at radius 3 is 2.48 bits per heavy atom. The number of piperidine rings is 3. The Bertz CT molecular complexity index is 438. The van der Waals surface area contributed by atoms with Gasteiger partial charge in [-0.05, 0) is 62.4 Å². The summed E-state index contributed by atoms with van der Waals surface area (Å²) < 4.78 is 5.88. The fourth-order valence-corrected chi connectivity index (χ4v) is 3.54. The van der Waals surface area contributed by atoms with Gasteiger partial charge in [-0.3, -0.25) is 4.90 Å². The first-order valence-corrected chi connectivity index (χ1v) is 8.02. The summed E-state index contributed by atoms with van der Waals surface area (Å²) in [5, 5.41) is 19.2. The number of rotatable bonds is 6. The highest BCUT2D eigenvalue weighted by Gasteiger charge is 2.41. The van der Waals surface area contributed by atoms with Gasteiger partial charge in [0, 0.05) is 6.61 Å². The van der Waals surface area contributed by atoms with Crippen LogP contribution in [0.3, 0.4) is 0 Å². The zero-order chi connectivity index (χ0) is 14.7. The molecule has 0 radical (unpaired) electrons. The van der Waals surface area contributed by atoms with E-state index >= 15 is 0 Å². The minimum atomic E-state index is -0.240. The molecule has 0 spiro atoms. The fourth-order valence-electron chi connectivity index (χ4n) is 3.54. The number of aryl methyl sites for hydroxylation is 1. The maximum atomic E-state index is 10.3. The molecule has 4 rings (SSSR count). The maximum Gasteiger partial charge on any atom is 0.119 e. The molecule has 116 valence electrons. The first-order valence-electron chi connectivity index (χ1n) is 8.02. The van der Waals surface area contributed by atoms with Gasteiger partial charge in [0.25, 0.3) is 0 Å². The number of hydrogen-bond acceptors (Lipinski definition) is 4. The Morgan fingerprint density at radius 2 is 1.86 bits per heavy atom. The lowest BCUT2D eigenvalue weighted by Crippen LogP contribution is -2.59. The monoisotopic (exact) mass is 291 g/mol. The standard InChI is InChI=1S/C17H25NO3/c19-11-1-2-13-3-5-15(6-4-13)21-12-16-17(20)14-7-9-18(16)10-8-14/h3-6,14,16-17,19-20H,1-2,7-12H2. The first kappa shape index (κ1) is 14.8. The number of ether oxygens (including phenoxy) is 1. The van der Waals surface area contributed by atoms with Crippen LogP contribution in [0.15, 0.2) is 24.3 Å². The molecule has 4 nitrogen and oxygen atoms in total. The first-order chi connectivity index (χ1) is 10.3. The maximum absolute atomic E-state index is 10.3. The van der Waals surface area contributed by atoms with Gasteiger partial charge in [-0.15, -0.1) is 0 Å². The van der Waals surface area contributed by atoms with Crippen molar-refractivity contribution in [1.82, 2.24) is 4.90 Å². The number of aliphatic hydroxyl groups excluding tert-OH is 2. The molecular weight excluding hydrogens is 266 g/mol. The SMILES string of the molecule is OCCCc1ccc(OCC2C(O)C3CCN2CC3)cc1. The fraction of sp³-hybridized carbons (Fsp3) is 0.647. The molecule has 3 saturated heterocycles. The van der Waals surface area contributed by atoms with E-state index < -0.39 is 0 Å². The highest BCUT2D eigenvalue weighted by molar-refractivity contribution is 5.27. The zero-order valence-corrected chi connectivity index (χ0v) is 12.4. The van der Waals surface area contributed by atoms with Crippen LogP contribution in [0.2, 0.25) is 0 Å². The molecule has 0 amide bonds. The lowest BCUT2D eigenvalue weighted by Gasteiger charge is -2.48. The van der Waals surface area contributed by atoms with Crippen molar-refractivity contribution in [3.63, 3.8) is 0 Å². The van der Waals surface area contributed by atoms with Gasteiger partial charge in [0.2, 0.25) is 0 Å². The molecule has 21 heavy (non-hydrogen) atoms. The molecule has 0 aliphatic carbocycles. The molecule has 1 aromatic rings. The van der Waals surface area contributed by atoms with Gasteiger partial charge in [0.05, 0.1) is 12.1 Å². The van der Waals surface area contributed by atoms with E-state index in [0.717, 1.165) is 44.5 Å². The van der Waals surface area contributed by atoms with Gasteiger partial charge in [0.1, 0.15) is 12.4 Å². The summed E-state index contributed by atoms with van der Waals surface area (Å²) >= 11 is 0. The van der Waals surface area contributed by atoms with Gasteiger partial charge in [-0.25, -0.2) is 0 Å². The van der Waals surface area contributed by atoms with Crippen LogP contribution in [0.4, 0.5) is 0 Å². The normalized spacial score (nSPS) is 31.3. The summed E-state index contributed by atoms with van der Waals surface area (Å²) in [5.74, 6) is 1.32. The lowest BCUT2D eigenvalue weighted by atomic mass is 9.81. The third-order valence-electron chi connectivity index (χ3n) is 4.89. The van der Waals surface area contributed by atoms with Crippen molar-refractivity contribution in [3.05, 3.63) is 29.8 Å². The van der Waals surface area contributed by atoms with E-state index in [1.807, 2.05) is 12.1 Å². The van der Waals surface area contributed by atoms with Crippen LogP contribution < -0.4 is 4.74 Å². The Labute approximate surface area is 126 Å². The van der Waals surface area contributed by atoms with E-state index in [1.54, 1.807) is 0 Å². The Kier molecular flexibility index (Phi) is 4.78.